The van der Waals surface area contributed by atoms with Gasteiger partial charge in [0.2, 0.25) is 5.91 Å². The van der Waals surface area contributed by atoms with E-state index >= 15 is 0 Å². The quantitative estimate of drug-likeness (QED) is 0.879. The molecule has 0 unspecified atom stereocenters. The van der Waals surface area contributed by atoms with Gasteiger partial charge in [0.1, 0.15) is 0 Å². The number of carbonyl (C=O) groups excluding carboxylic acids is 1. The third-order valence-corrected chi connectivity index (χ3v) is 3.32. The fraction of sp³-hybridized carbons (Fsp3) is 0.500. The highest BCUT2D eigenvalue weighted by Crippen LogP contribution is 2.29. The van der Waals surface area contributed by atoms with Crippen molar-refractivity contribution in [2.45, 2.75) is 12.7 Å². The lowest BCUT2D eigenvalue weighted by atomic mass is 10.1. The van der Waals surface area contributed by atoms with Gasteiger partial charge in [0.25, 0.3) is 0 Å². The van der Waals surface area contributed by atoms with Crippen molar-refractivity contribution in [1.82, 2.24) is 15.5 Å². The zero-order valence-corrected chi connectivity index (χ0v) is 11.5. The molecule has 0 aliphatic carbocycles. The van der Waals surface area contributed by atoms with Crippen LogP contribution < -0.4 is 10.6 Å². The van der Waals surface area contributed by atoms with Gasteiger partial charge in [0, 0.05) is 32.7 Å². The predicted molar refractivity (Wildman–Crippen MR) is 72.6 cm³/mol. The molecule has 0 atom stereocenters. The predicted octanol–water partition coefficient (Wildman–Crippen LogP) is 1.23. The van der Waals surface area contributed by atoms with Crippen LogP contribution in [0.25, 0.3) is 0 Å². The molecule has 1 heterocycles. The minimum atomic E-state index is -4.36. The van der Waals surface area contributed by atoms with Crippen LogP contribution in [0.3, 0.4) is 0 Å². The second kappa shape index (κ2) is 6.91. The van der Waals surface area contributed by atoms with E-state index < -0.39 is 11.7 Å². The summed E-state index contributed by atoms with van der Waals surface area (Å²) in [5.41, 5.74) is -0.255. The Morgan fingerprint density at radius 1 is 1.29 bits per heavy atom. The molecule has 1 aliphatic heterocycles. The number of rotatable bonds is 4. The summed E-state index contributed by atoms with van der Waals surface area (Å²) in [6, 6.07) is 5.00. The number of hydrogen-bond acceptors (Lipinski definition) is 3. The number of halogens is 3. The Labute approximate surface area is 121 Å². The normalized spacial score (nSPS) is 16.7. The van der Waals surface area contributed by atoms with Crippen LogP contribution in [0.1, 0.15) is 11.1 Å². The Morgan fingerprint density at radius 2 is 2.00 bits per heavy atom. The van der Waals surface area contributed by atoms with Crippen molar-refractivity contribution in [2.24, 2.45) is 0 Å². The van der Waals surface area contributed by atoms with Gasteiger partial charge in [-0.2, -0.15) is 13.2 Å². The minimum Gasteiger partial charge on any atom is -0.351 e. The van der Waals surface area contributed by atoms with E-state index in [1.54, 1.807) is 6.07 Å². The molecule has 4 nitrogen and oxygen atoms in total. The zero-order valence-electron chi connectivity index (χ0n) is 11.5. The molecule has 7 heteroatoms. The Kier molecular flexibility index (Phi) is 5.19. The molecule has 1 aliphatic rings. The number of piperazine rings is 1. The Hall–Kier alpha value is -1.60. The topological polar surface area (TPSA) is 44.4 Å². The van der Waals surface area contributed by atoms with Crippen LogP contribution in [0, 0.1) is 0 Å². The van der Waals surface area contributed by atoms with E-state index in [2.05, 4.69) is 10.6 Å². The van der Waals surface area contributed by atoms with Gasteiger partial charge >= 0.3 is 6.18 Å². The average molecular weight is 301 g/mol. The standard InChI is InChI=1S/C14H18F3N3O/c15-14(16,17)12-3-1-2-11(8-12)9-19-13(21)10-20-6-4-18-5-7-20/h1-3,8,18H,4-7,9-10H2,(H,19,21). The van der Waals surface area contributed by atoms with Crippen molar-refractivity contribution in [1.29, 1.82) is 0 Å². The molecule has 1 fully saturated rings. The fourth-order valence-electron chi connectivity index (χ4n) is 2.19. The lowest BCUT2D eigenvalue weighted by Crippen LogP contribution is -2.47. The summed E-state index contributed by atoms with van der Waals surface area (Å²) in [7, 11) is 0. The van der Waals surface area contributed by atoms with Crippen molar-refractivity contribution in [3.05, 3.63) is 35.4 Å². The van der Waals surface area contributed by atoms with Crippen LogP contribution in [0.5, 0.6) is 0 Å². The Morgan fingerprint density at radius 3 is 2.67 bits per heavy atom. The monoisotopic (exact) mass is 301 g/mol. The van der Waals surface area contributed by atoms with Crippen molar-refractivity contribution >= 4 is 5.91 Å². The maximum Gasteiger partial charge on any atom is 0.416 e. The highest BCUT2D eigenvalue weighted by atomic mass is 19.4. The maximum atomic E-state index is 12.6. The van der Waals surface area contributed by atoms with Crippen LogP contribution in [0.2, 0.25) is 0 Å². The summed E-state index contributed by atoms with van der Waals surface area (Å²) in [6.45, 7) is 3.69. The molecule has 0 bridgehead atoms. The van der Waals surface area contributed by atoms with Gasteiger partial charge in [-0.3, -0.25) is 9.69 Å². The summed E-state index contributed by atoms with van der Waals surface area (Å²) >= 11 is 0. The summed E-state index contributed by atoms with van der Waals surface area (Å²) < 4.78 is 37.7. The third-order valence-electron chi connectivity index (χ3n) is 3.32. The molecule has 1 aromatic carbocycles. The molecule has 1 amide bonds. The van der Waals surface area contributed by atoms with Crippen LogP contribution in [0.4, 0.5) is 13.2 Å². The van der Waals surface area contributed by atoms with Crippen molar-refractivity contribution in [2.75, 3.05) is 32.7 Å². The smallest absolute Gasteiger partial charge is 0.351 e. The third kappa shape index (κ3) is 5.02. The van der Waals surface area contributed by atoms with E-state index in [1.165, 1.54) is 6.07 Å². The SMILES string of the molecule is O=C(CN1CCNCC1)NCc1cccc(C(F)(F)F)c1. The summed E-state index contributed by atoms with van der Waals surface area (Å²) in [5, 5.41) is 5.84. The lowest BCUT2D eigenvalue weighted by molar-refractivity contribution is -0.137. The van der Waals surface area contributed by atoms with Crippen molar-refractivity contribution in [3.63, 3.8) is 0 Å². The van der Waals surface area contributed by atoms with E-state index in [-0.39, 0.29) is 19.0 Å². The molecule has 2 N–H and O–H groups in total. The van der Waals surface area contributed by atoms with Crippen LogP contribution in [0.15, 0.2) is 24.3 Å². The first kappa shape index (κ1) is 15.8. The maximum absolute atomic E-state index is 12.6. The number of nitrogens with one attached hydrogen (secondary N) is 2. The first-order valence-corrected chi connectivity index (χ1v) is 6.81. The number of alkyl halides is 3. The van der Waals surface area contributed by atoms with Gasteiger partial charge in [-0.05, 0) is 17.7 Å². The number of carbonyl (C=O) groups is 1. The molecule has 116 valence electrons. The average Bonchev–Trinajstić information content (AvgIpc) is 2.46. The summed E-state index contributed by atoms with van der Waals surface area (Å²) in [4.78, 5) is 13.8. The second-order valence-electron chi connectivity index (χ2n) is 5.00. The minimum absolute atomic E-state index is 0.106. The molecule has 0 saturated carbocycles. The van der Waals surface area contributed by atoms with Gasteiger partial charge in [-0.15, -0.1) is 0 Å². The van der Waals surface area contributed by atoms with E-state index in [4.69, 9.17) is 0 Å². The molecule has 1 saturated heterocycles. The molecule has 21 heavy (non-hydrogen) atoms. The van der Waals surface area contributed by atoms with Gasteiger partial charge in [0.05, 0.1) is 12.1 Å². The molecule has 1 aromatic rings. The molecule has 2 rings (SSSR count). The Bertz CT molecular complexity index is 485. The van der Waals surface area contributed by atoms with E-state index in [0.717, 1.165) is 38.3 Å². The van der Waals surface area contributed by atoms with Crippen molar-refractivity contribution in [3.8, 4) is 0 Å². The molecule has 0 spiro atoms. The van der Waals surface area contributed by atoms with E-state index in [0.29, 0.717) is 5.56 Å². The van der Waals surface area contributed by atoms with Crippen molar-refractivity contribution < 1.29 is 18.0 Å². The summed E-state index contributed by atoms with van der Waals surface area (Å²) in [6.07, 6.45) is -4.36. The second-order valence-corrected chi connectivity index (χ2v) is 5.00. The Balaban J connectivity index is 1.83. The zero-order chi connectivity index (χ0) is 15.3. The first-order valence-electron chi connectivity index (χ1n) is 6.81. The van der Waals surface area contributed by atoms with E-state index in [9.17, 15) is 18.0 Å². The van der Waals surface area contributed by atoms with E-state index in [1.807, 2.05) is 4.90 Å². The number of benzene rings is 1. The van der Waals surface area contributed by atoms with Crippen LogP contribution in [-0.2, 0) is 17.5 Å². The van der Waals surface area contributed by atoms with Gasteiger partial charge in [-0.1, -0.05) is 12.1 Å². The summed E-state index contributed by atoms with van der Waals surface area (Å²) in [5.74, 6) is -0.172. The van der Waals surface area contributed by atoms with Gasteiger partial charge < -0.3 is 10.6 Å². The molecular formula is C14H18F3N3O. The lowest BCUT2D eigenvalue weighted by Gasteiger charge is -2.26. The van der Waals surface area contributed by atoms with Gasteiger partial charge in [-0.25, -0.2) is 0 Å². The molecular weight excluding hydrogens is 283 g/mol. The van der Waals surface area contributed by atoms with Gasteiger partial charge in [0.15, 0.2) is 0 Å². The van der Waals surface area contributed by atoms with Crippen LogP contribution >= 0.6 is 0 Å². The number of nitrogens with zero attached hydrogens (tertiary/aromatic N) is 1. The number of amides is 1. The highest BCUT2D eigenvalue weighted by molar-refractivity contribution is 5.78. The first-order chi connectivity index (χ1) is 9.95. The largest absolute Gasteiger partial charge is 0.416 e. The molecule has 0 aromatic heterocycles. The molecule has 0 radical (unpaired) electrons. The number of hydrogen-bond donors (Lipinski definition) is 2. The van der Waals surface area contributed by atoms with Crippen LogP contribution in [-0.4, -0.2) is 43.5 Å². The highest BCUT2D eigenvalue weighted by Gasteiger charge is 2.30. The fourth-order valence-corrected chi connectivity index (χ4v) is 2.19.